The number of nitrogens with zero attached hydrogens (tertiary/aromatic N) is 1. The lowest BCUT2D eigenvalue weighted by atomic mass is 9.95. The van der Waals surface area contributed by atoms with E-state index in [1.54, 1.807) is 11.0 Å². The number of likely N-dealkylation sites (tertiary alicyclic amines) is 1. The average molecular weight is 402 g/mol. The Labute approximate surface area is 167 Å². The second-order valence-corrected chi connectivity index (χ2v) is 6.91. The van der Waals surface area contributed by atoms with Crippen molar-refractivity contribution in [1.29, 1.82) is 0 Å². The van der Waals surface area contributed by atoms with E-state index in [0.29, 0.717) is 25.9 Å². The smallest absolute Gasteiger partial charge is 0.339 e. The van der Waals surface area contributed by atoms with Crippen molar-refractivity contribution in [3.05, 3.63) is 71.8 Å². The zero-order valence-electron chi connectivity index (χ0n) is 15.7. The minimum atomic E-state index is -4.46. The van der Waals surface area contributed by atoms with E-state index >= 15 is 0 Å². The van der Waals surface area contributed by atoms with E-state index in [-0.39, 0.29) is 23.4 Å². The molecular weight excluding hydrogens is 381 g/mol. The highest BCUT2D eigenvalue weighted by Gasteiger charge is 2.31. The van der Waals surface area contributed by atoms with E-state index in [9.17, 15) is 22.8 Å². The molecule has 0 unspecified atom stereocenters. The van der Waals surface area contributed by atoms with Gasteiger partial charge in [-0.2, -0.15) is 13.2 Å². The van der Waals surface area contributed by atoms with Gasteiger partial charge in [-0.15, -0.1) is 0 Å². The molecule has 0 atom stereocenters. The Hall–Kier alpha value is -3.09. The summed E-state index contributed by atoms with van der Waals surface area (Å²) < 4.78 is 38.4. The van der Waals surface area contributed by atoms with Crippen LogP contribution in [0.3, 0.4) is 0 Å². The van der Waals surface area contributed by atoms with Gasteiger partial charge in [-0.05, 0) is 42.7 Å². The van der Waals surface area contributed by atoms with Gasteiger partial charge in [0.2, 0.25) is 11.8 Å². The third kappa shape index (κ3) is 5.70. The zero-order valence-corrected chi connectivity index (χ0v) is 15.7. The number of halogens is 3. The minimum absolute atomic E-state index is 0.120. The summed E-state index contributed by atoms with van der Waals surface area (Å²) in [6.45, 7) is 0.858. The molecule has 4 nitrogen and oxygen atoms in total. The third-order valence-electron chi connectivity index (χ3n) is 4.85. The molecule has 152 valence electrons. The molecule has 2 amide bonds. The Morgan fingerprint density at radius 2 is 1.69 bits per heavy atom. The number of hydrogen-bond donors (Lipinski definition) is 1. The predicted molar refractivity (Wildman–Crippen MR) is 105 cm³/mol. The SMILES string of the molecule is O=C(Nc1cccc(C(F)(F)F)c1)C1CCN(C(=O)/C=C/c2ccccc2)CC1. The fourth-order valence-electron chi connectivity index (χ4n) is 3.22. The first kappa shape index (κ1) is 20.6. The summed E-state index contributed by atoms with van der Waals surface area (Å²) in [5, 5.41) is 2.56. The van der Waals surface area contributed by atoms with Crippen LogP contribution in [0.5, 0.6) is 0 Å². The molecule has 0 bridgehead atoms. The summed E-state index contributed by atoms with van der Waals surface area (Å²) in [7, 11) is 0. The number of amides is 2. The van der Waals surface area contributed by atoms with Gasteiger partial charge in [0.15, 0.2) is 0 Å². The number of alkyl halides is 3. The number of hydrogen-bond acceptors (Lipinski definition) is 2. The lowest BCUT2D eigenvalue weighted by molar-refractivity contribution is -0.137. The number of piperidine rings is 1. The van der Waals surface area contributed by atoms with Crippen molar-refractivity contribution in [2.75, 3.05) is 18.4 Å². The van der Waals surface area contributed by atoms with Crippen molar-refractivity contribution in [2.24, 2.45) is 5.92 Å². The molecule has 7 heteroatoms. The topological polar surface area (TPSA) is 49.4 Å². The molecule has 0 spiro atoms. The van der Waals surface area contributed by atoms with Crippen LogP contribution in [-0.4, -0.2) is 29.8 Å². The summed E-state index contributed by atoms with van der Waals surface area (Å²) >= 11 is 0. The second-order valence-electron chi connectivity index (χ2n) is 6.91. The number of benzene rings is 2. The summed E-state index contributed by atoms with van der Waals surface area (Å²) in [5.74, 6) is -0.784. The van der Waals surface area contributed by atoms with Crippen LogP contribution in [0.15, 0.2) is 60.7 Å². The van der Waals surface area contributed by atoms with Gasteiger partial charge in [-0.3, -0.25) is 9.59 Å². The summed E-state index contributed by atoms with van der Waals surface area (Å²) in [5.41, 5.74) is 0.242. The van der Waals surface area contributed by atoms with Gasteiger partial charge < -0.3 is 10.2 Å². The number of anilines is 1. The van der Waals surface area contributed by atoms with E-state index in [1.165, 1.54) is 18.2 Å². The highest BCUT2D eigenvalue weighted by molar-refractivity contribution is 5.94. The van der Waals surface area contributed by atoms with Crippen LogP contribution in [0.1, 0.15) is 24.0 Å². The van der Waals surface area contributed by atoms with Crippen molar-refractivity contribution in [1.82, 2.24) is 4.90 Å². The second kappa shape index (κ2) is 8.94. The molecule has 0 radical (unpaired) electrons. The number of carbonyl (C=O) groups is 2. The molecule has 2 aromatic rings. The summed E-state index contributed by atoms with van der Waals surface area (Å²) in [4.78, 5) is 26.4. The first-order valence-corrected chi connectivity index (χ1v) is 9.33. The number of nitrogens with one attached hydrogen (secondary N) is 1. The van der Waals surface area contributed by atoms with Crippen molar-refractivity contribution in [3.8, 4) is 0 Å². The van der Waals surface area contributed by atoms with Gasteiger partial charge in [0.25, 0.3) is 0 Å². The molecule has 0 aliphatic carbocycles. The summed E-state index contributed by atoms with van der Waals surface area (Å²) in [6, 6.07) is 14.0. The quantitative estimate of drug-likeness (QED) is 0.760. The highest BCUT2D eigenvalue weighted by Crippen LogP contribution is 2.31. The van der Waals surface area contributed by atoms with Crippen molar-refractivity contribution in [2.45, 2.75) is 19.0 Å². The normalized spacial score (nSPS) is 15.5. The molecule has 1 aliphatic rings. The van der Waals surface area contributed by atoms with E-state index in [4.69, 9.17) is 0 Å². The standard InChI is InChI=1S/C22H21F3N2O2/c23-22(24,25)18-7-4-8-19(15-18)26-21(29)17-11-13-27(14-12-17)20(28)10-9-16-5-2-1-3-6-16/h1-10,15,17H,11-14H2,(H,26,29)/b10-9+. The fraction of sp³-hybridized carbons (Fsp3) is 0.273. The van der Waals surface area contributed by atoms with Crippen LogP contribution in [0, 0.1) is 5.92 Å². The number of carbonyl (C=O) groups excluding carboxylic acids is 2. The third-order valence-corrected chi connectivity index (χ3v) is 4.85. The molecule has 2 aromatic carbocycles. The molecular formula is C22H21F3N2O2. The van der Waals surface area contributed by atoms with E-state index < -0.39 is 11.7 Å². The van der Waals surface area contributed by atoms with Crippen LogP contribution >= 0.6 is 0 Å². The molecule has 0 aromatic heterocycles. The number of rotatable bonds is 4. The molecule has 1 heterocycles. The lowest BCUT2D eigenvalue weighted by Crippen LogP contribution is -2.40. The van der Waals surface area contributed by atoms with Gasteiger partial charge in [0.1, 0.15) is 0 Å². The highest BCUT2D eigenvalue weighted by atomic mass is 19.4. The fourth-order valence-corrected chi connectivity index (χ4v) is 3.22. The van der Waals surface area contributed by atoms with Gasteiger partial charge >= 0.3 is 6.18 Å². The molecule has 0 saturated carbocycles. The molecule has 1 N–H and O–H groups in total. The van der Waals surface area contributed by atoms with Gasteiger partial charge in [0, 0.05) is 30.8 Å². The predicted octanol–water partition coefficient (Wildman–Crippen LogP) is 4.60. The maximum atomic E-state index is 12.8. The minimum Gasteiger partial charge on any atom is -0.339 e. The average Bonchev–Trinajstić information content (AvgIpc) is 2.72. The van der Waals surface area contributed by atoms with Crippen LogP contribution in [-0.2, 0) is 15.8 Å². The Balaban J connectivity index is 1.52. The maximum absolute atomic E-state index is 12.8. The van der Waals surface area contributed by atoms with Crippen molar-refractivity contribution < 1.29 is 22.8 Å². The zero-order chi connectivity index (χ0) is 20.9. The Morgan fingerprint density at radius 1 is 1.00 bits per heavy atom. The van der Waals surface area contributed by atoms with E-state index in [0.717, 1.165) is 17.7 Å². The monoisotopic (exact) mass is 402 g/mol. The Kier molecular flexibility index (Phi) is 6.36. The molecule has 29 heavy (non-hydrogen) atoms. The first-order chi connectivity index (χ1) is 13.8. The van der Waals surface area contributed by atoms with Gasteiger partial charge in [-0.1, -0.05) is 36.4 Å². The Morgan fingerprint density at radius 3 is 2.34 bits per heavy atom. The summed E-state index contributed by atoms with van der Waals surface area (Å²) in [6.07, 6.45) is -0.266. The molecule has 1 fully saturated rings. The largest absolute Gasteiger partial charge is 0.416 e. The van der Waals surface area contributed by atoms with Gasteiger partial charge in [-0.25, -0.2) is 0 Å². The van der Waals surface area contributed by atoms with E-state index in [1.807, 2.05) is 30.3 Å². The molecule has 1 saturated heterocycles. The molecule has 3 rings (SSSR count). The van der Waals surface area contributed by atoms with E-state index in [2.05, 4.69) is 5.32 Å². The van der Waals surface area contributed by atoms with Crippen LogP contribution < -0.4 is 5.32 Å². The van der Waals surface area contributed by atoms with Crippen LogP contribution in [0.25, 0.3) is 6.08 Å². The van der Waals surface area contributed by atoms with Crippen molar-refractivity contribution >= 4 is 23.6 Å². The first-order valence-electron chi connectivity index (χ1n) is 9.33. The Bertz CT molecular complexity index is 886. The van der Waals surface area contributed by atoms with Crippen molar-refractivity contribution in [3.63, 3.8) is 0 Å². The molecule has 1 aliphatic heterocycles. The van der Waals surface area contributed by atoms with Crippen LogP contribution in [0.4, 0.5) is 18.9 Å². The maximum Gasteiger partial charge on any atom is 0.416 e. The van der Waals surface area contributed by atoms with Crippen LogP contribution in [0.2, 0.25) is 0 Å². The lowest BCUT2D eigenvalue weighted by Gasteiger charge is -2.30. The van der Waals surface area contributed by atoms with Gasteiger partial charge in [0.05, 0.1) is 5.56 Å².